The molecule has 3 aromatic carbocycles. The van der Waals surface area contributed by atoms with E-state index in [0.29, 0.717) is 25.3 Å². The van der Waals surface area contributed by atoms with Crippen LogP contribution in [-0.2, 0) is 19.6 Å². The Kier molecular flexibility index (Phi) is 5.45. The van der Waals surface area contributed by atoms with Gasteiger partial charge >= 0.3 is 5.97 Å². The molecule has 1 heterocycles. The average Bonchev–Trinajstić information content (AvgIpc) is 3.04. The maximum atomic E-state index is 12.2. The molecular formula is C25H24N2O2. The van der Waals surface area contributed by atoms with Crippen molar-refractivity contribution in [2.24, 2.45) is 0 Å². The summed E-state index contributed by atoms with van der Waals surface area (Å²) in [4.78, 5) is 12.2. The molecule has 0 saturated heterocycles. The highest BCUT2D eigenvalue weighted by Gasteiger charge is 2.22. The van der Waals surface area contributed by atoms with Crippen LogP contribution in [0.1, 0.15) is 32.7 Å². The highest BCUT2D eigenvalue weighted by molar-refractivity contribution is 5.98. The maximum Gasteiger partial charge on any atom is 0.352 e. The fraction of sp³-hybridized carbons (Fsp3) is 0.160. The lowest BCUT2D eigenvalue weighted by Gasteiger charge is -2.10. The first-order chi connectivity index (χ1) is 14.1. The lowest BCUT2D eigenvalue weighted by Crippen LogP contribution is -2.17. The van der Waals surface area contributed by atoms with Gasteiger partial charge in [0.2, 0.25) is 0 Å². The Morgan fingerprint density at radius 2 is 1.55 bits per heavy atom. The SMILES string of the molecule is Cc1ccc(Cn2c(C(=O)O)c(CNCc3ccccc3)c3ccccc32)cc1. The number of carbonyl (C=O) groups is 1. The van der Waals surface area contributed by atoms with E-state index in [4.69, 9.17) is 0 Å². The monoisotopic (exact) mass is 384 g/mol. The normalized spacial score (nSPS) is 11.1. The quantitative estimate of drug-likeness (QED) is 0.472. The number of carboxylic acid groups (broad SMARTS) is 1. The molecule has 1 aromatic heterocycles. The van der Waals surface area contributed by atoms with Crippen LogP contribution in [0.4, 0.5) is 0 Å². The molecule has 0 aliphatic carbocycles. The molecule has 0 saturated carbocycles. The van der Waals surface area contributed by atoms with Crippen LogP contribution in [-0.4, -0.2) is 15.6 Å². The number of benzene rings is 3. The summed E-state index contributed by atoms with van der Waals surface area (Å²) >= 11 is 0. The second-order valence-electron chi connectivity index (χ2n) is 7.31. The Hall–Kier alpha value is -3.37. The highest BCUT2D eigenvalue weighted by atomic mass is 16.4. The maximum absolute atomic E-state index is 12.2. The summed E-state index contributed by atoms with van der Waals surface area (Å²) in [6.45, 7) is 3.77. The number of aromatic carboxylic acids is 1. The van der Waals surface area contributed by atoms with Gasteiger partial charge in [0.1, 0.15) is 5.69 Å². The Bertz CT molecular complexity index is 1130. The molecule has 4 rings (SSSR count). The third-order valence-corrected chi connectivity index (χ3v) is 5.21. The van der Waals surface area contributed by atoms with Crippen molar-refractivity contribution in [1.29, 1.82) is 0 Å². The van der Waals surface area contributed by atoms with Gasteiger partial charge in [-0.1, -0.05) is 78.4 Å². The largest absolute Gasteiger partial charge is 0.477 e. The molecule has 0 unspecified atom stereocenters. The van der Waals surface area contributed by atoms with Gasteiger partial charge in [0, 0.05) is 36.1 Å². The smallest absolute Gasteiger partial charge is 0.352 e. The van der Waals surface area contributed by atoms with Gasteiger partial charge in [-0.3, -0.25) is 0 Å². The van der Waals surface area contributed by atoms with Crippen molar-refractivity contribution in [2.75, 3.05) is 0 Å². The number of fused-ring (bicyclic) bond motifs is 1. The predicted molar refractivity (Wildman–Crippen MR) is 116 cm³/mol. The summed E-state index contributed by atoms with van der Waals surface area (Å²) in [6, 6.07) is 26.3. The van der Waals surface area contributed by atoms with Crippen LogP contribution in [0.2, 0.25) is 0 Å². The van der Waals surface area contributed by atoms with E-state index < -0.39 is 5.97 Å². The van der Waals surface area contributed by atoms with E-state index in [2.05, 4.69) is 41.7 Å². The van der Waals surface area contributed by atoms with E-state index in [9.17, 15) is 9.90 Å². The van der Waals surface area contributed by atoms with Crippen LogP contribution in [0, 0.1) is 6.92 Å². The first kappa shape index (κ1) is 19.0. The molecule has 4 aromatic rings. The highest BCUT2D eigenvalue weighted by Crippen LogP contribution is 2.27. The number of nitrogens with one attached hydrogen (secondary N) is 1. The fourth-order valence-corrected chi connectivity index (χ4v) is 3.77. The average molecular weight is 384 g/mol. The van der Waals surface area contributed by atoms with Crippen molar-refractivity contribution in [2.45, 2.75) is 26.6 Å². The second kappa shape index (κ2) is 8.33. The van der Waals surface area contributed by atoms with Crippen molar-refractivity contribution in [3.8, 4) is 0 Å². The first-order valence-corrected chi connectivity index (χ1v) is 9.77. The zero-order chi connectivity index (χ0) is 20.2. The van der Waals surface area contributed by atoms with Gasteiger partial charge < -0.3 is 15.0 Å². The zero-order valence-corrected chi connectivity index (χ0v) is 16.4. The van der Waals surface area contributed by atoms with Crippen LogP contribution in [0.3, 0.4) is 0 Å². The number of hydrogen-bond acceptors (Lipinski definition) is 2. The second-order valence-corrected chi connectivity index (χ2v) is 7.31. The molecule has 2 N–H and O–H groups in total. The van der Waals surface area contributed by atoms with Crippen molar-refractivity contribution >= 4 is 16.9 Å². The number of aromatic nitrogens is 1. The number of carboxylic acids is 1. The van der Waals surface area contributed by atoms with Crippen molar-refractivity contribution in [3.05, 3.63) is 107 Å². The summed E-state index contributed by atoms with van der Waals surface area (Å²) in [5.41, 5.74) is 5.58. The molecule has 0 spiro atoms. The zero-order valence-electron chi connectivity index (χ0n) is 16.4. The molecule has 4 heteroatoms. The minimum Gasteiger partial charge on any atom is -0.477 e. The standard InChI is InChI=1S/C25H24N2O2/c1-18-11-13-20(14-12-18)17-27-23-10-6-5-9-21(23)22(24(27)25(28)29)16-26-15-19-7-3-2-4-8-19/h2-14,26H,15-17H2,1H3,(H,28,29). The number of rotatable bonds is 7. The number of nitrogens with zero attached hydrogens (tertiary/aromatic N) is 1. The number of hydrogen-bond donors (Lipinski definition) is 2. The van der Waals surface area contributed by atoms with E-state index in [1.165, 1.54) is 11.1 Å². The Balaban J connectivity index is 1.70. The summed E-state index contributed by atoms with van der Waals surface area (Å²) < 4.78 is 1.92. The molecule has 0 amide bonds. The van der Waals surface area contributed by atoms with E-state index in [-0.39, 0.29) is 0 Å². The summed E-state index contributed by atoms with van der Waals surface area (Å²) in [5.74, 6) is -0.898. The minimum atomic E-state index is -0.898. The lowest BCUT2D eigenvalue weighted by atomic mass is 10.1. The third-order valence-electron chi connectivity index (χ3n) is 5.21. The molecule has 4 nitrogen and oxygen atoms in total. The van der Waals surface area contributed by atoms with E-state index in [1.54, 1.807) is 0 Å². The summed E-state index contributed by atoms with van der Waals surface area (Å²) in [5, 5.41) is 14.4. The topological polar surface area (TPSA) is 54.3 Å². The molecule has 29 heavy (non-hydrogen) atoms. The molecule has 0 aliphatic heterocycles. The minimum absolute atomic E-state index is 0.354. The van der Waals surface area contributed by atoms with Gasteiger partial charge in [0.25, 0.3) is 0 Å². The summed E-state index contributed by atoms with van der Waals surface area (Å²) in [6.07, 6.45) is 0. The third kappa shape index (κ3) is 4.08. The van der Waals surface area contributed by atoms with Crippen molar-refractivity contribution < 1.29 is 9.90 Å². The molecular weight excluding hydrogens is 360 g/mol. The van der Waals surface area contributed by atoms with Gasteiger partial charge in [-0.05, 0) is 24.1 Å². The summed E-state index contributed by atoms with van der Waals surface area (Å²) in [7, 11) is 0. The molecule has 0 bridgehead atoms. The predicted octanol–water partition coefficient (Wildman–Crippen LogP) is 4.99. The van der Waals surface area contributed by atoms with Crippen LogP contribution < -0.4 is 5.32 Å². The van der Waals surface area contributed by atoms with Gasteiger partial charge in [0.05, 0.1) is 0 Å². The number of para-hydroxylation sites is 1. The molecule has 146 valence electrons. The van der Waals surface area contributed by atoms with Crippen LogP contribution in [0.5, 0.6) is 0 Å². The van der Waals surface area contributed by atoms with Crippen molar-refractivity contribution in [1.82, 2.24) is 9.88 Å². The Morgan fingerprint density at radius 1 is 0.862 bits per heavy atom. The van der Waals surface area contributed by atoms with Crippen LogP contribution in [0.25, 0.3) is 10.9 Å². The van der Waals surface area contributed by atoms with E-state index >= 15 is 0 Å². The fourth-order valence-electron chi connectivity index (χ4n) is 3.77. The van der Waals surface area contributed by atoms with E-state index in [0.717, 1.165) is 22.0 Å². The molecule has 0 radical (unpaired) electrons. The Labute approximate surface area is 170 Å². The number of aryl methyl sites for hydroxylation is 1. The molecule has 0 fully saturated rings. The van der Waals surface area contributed by atoms with Crippen molar-refractivity contribution in [3.63, 3.8) is 0 Å². The molecule has 0 atom stereocenters. The Morgan fingerprint density at radius 3 is 2.28 bits per heavy atom. The molecule has 0 aliphatic rings. The first-order valence-electron chi connectivity index (χ1n) is 9.77. The van der Waals surface area contributed by atoms with Gasteiger partial charge in [-0.15, -0.1) is 0 Å². The van der Waals surface area contributed by atoms with Gasteiger partial charge in [0.15, 0.2) is 0 Å². The van der Waals surface area contributed by atoms with E-state index in [1.807, 2.05) is 54.0 Å². The van der Waals surface area contributed by atoms with Gasteiger partial charge in [-0.2, -0.15) is 0 Å². The van der Waals surface area contributed by atoms with Crippen LogP contribution >= 0.6 is 0 Å². The van der Waals surface area contributed by atoms with Gasteiger partial charge in [-0.25, -0.2) is 4.79 Å². The lowest BCUT2D eigenvalue weighted by molar-refractivity contribution is 0.0685. The van der Waals surface area contributed by atoms with Crippen LogP contribution in [0.15, 0.2) is 78.9 Å².